The Kier molecular flexibility index (Phi) is 7.40. The van der Waals surface area contributed by atoms with E-state index in [0.29, 0.717) is 0 Å². The summed E-state index contributed by atoms with van der Waals surface area (Å²) in [6.07, 6.45) is 0. The van der Waals surface area contributed by atoms with Crippen molar-refractivity contribution in [1.29, 1.82) is 0 Å². The Balaban J connectivity index is 0.936. The lowest BCUT2D eigenvalue weighted by Gasteiger charge is -2.26. The van der Waals surface area contributed by atoms with E-state index in [1.165, 1.54) is 31.3 Å². The van der Waals surface area contributed by atoms with Gasteiger partial charge in [0.1, 0.15) is 22.3 Å². The molecule has 3 aromatic heterocycles. The fourth-order valence-electron chi connectivity index (χ4n) is 8.63. The third-order valence-electron chi connectivity index (χ3n) is 11.5. The quantitative estimate of drug-likeness (QED) is 0.169. The molecule has 3 nitrogen and oxygen atoms in total. The van der Waals surface area contributed by atoms with Gasteiger partial charge in [-0.1, -0.05) is 127 Å². The van der Waals surface area contributed by atoms with Gasteiger partial charge in [-0.2, -0.15) is 0 Å². The molecule has 0 atom stereocenters. The number of rotatable bonds is 6. The van der Waals surface area contributed by atoms with Crippen LogP contribution in [0.2, 0.25) is 0 Å². The number of para-hydroxylation sites is 2. The molecule has 0 fully saturated rings. The zero-order valence-electron chi connectivity index (χ0n) is 31.2. The molecular weight excluding hydrogens is 727 g/mol. The standard InChI is InChI=1S/C54H33NO2S/c1-2-9-36(10-3-1)42-13-8-14-46-47-31-37(22-29-51(47)57-54(42)46)34-17-23-39(24-18-34)55(41-27-30-50-48(33-41)43-11-4-6-15-49(43)56-50)40-25-19-35(20-26-40)38-21-28-45-44-12-5-7-16-52(44)58-53(45)32-38/h1-33H. The molecule has 0 aliphatic heterocycles. The predicted octanol–water partition coefficient (Wildman–Crippen LogP) is 16.3. The minimum absolute atomic E-state index is 0.880. The monoisotopic (exact) mass is 759 g/mol. The maximum Gasteiger partial charge on any atom is 0.143 e. The van der Waals surface area contributed by atoms with Crippen molar-refractivity contribution in [3.8, 4) is 33.4 Å². The van der Waals surface area contributed by atoms with Crippen molar-refractivity contribution in [2.45, 2.75) is 0 Å². The van der Waals surface area contributed by atoms with E-state index in [1.54, 1.807) is 0 Å². The molecule has 4 heteroatoms. The second-order valence-corrected chi connectivity index (χ2v) is 16.0. The van der Waals surface area contributed by atoms with Crippen LogP contribution in [-0.2, 0) is 0 Å². The van der Waals surface area contributed by atoms with Crippen molar-refractivity contribution in [3.63, 3.8) is 0 Å². The number of hydrogen-bond donors (Lipinski definition) is 0. The third-order valence-corrected chi connectivity index (χ3v) is 12.6. The molecule has 0 aliphatic carbocycles. The number of benzene rings is 9. The highest BCUT2D eigenvalue weighted by atomic mass is 32.1. The van der Waals surface area contributed by atoms with Gasteiger partial charge in [0.05, 0.1) is 0 Å². The first-order valence-electron chi connectivity index (χ1n) is 19.6. The second-order valence-electron chi connectivity index (χ2n) is 14.9. The molecule has 3 heterocycles. The van der Waals surface area contributed by atoms with E-state index in [-0.39, 0.29) is 0 Å². The molecule has 0 aliphatic rings. The molecule has 58 heavy (non-hydrogen) atoms. The lowest BCUT2D eigenvalue weighted by atomic mass is 10.00. The summed E-state index contributed by atoms with van der Waals surface area (Å²) in [6, 6.07) is 71.5. The fourth-order valence-corrected chi connectivity index (χ4v) is 9.78. The number of hydrogen-bond acceptors (Lipinski definition) is 4. The number of fused-ring (bicyclic) bond motifs is 9. The highest BCUT2D eigenvalue weighted by molar-refractivity contribution is 7.25. The van der Waals surface area contributed by atoms with E-state index in [0.717, 1.165) is 83.2 Å². The number of furan rings is 2. The summed E-state index contributed by atoms with van der Waals surface area (Å²) in [5.41, 5.74) is 13.7. The van der Waals surface area contributed by atoms with Gasteiger partial charge in [0.2, 0.25) is 0 Å². The van der Waals surface area contributed by atoms with Crippen LogP contribution in [0.5, 0.6) is 0 Å². The molecule has 0 spiro atoms. The zero-order valence-corrected chi connectivity index (χ0v) is 32.0. The highest BCUT2D eigenvalue weighted by Gasteiger charge is 2.18. The van der Waals surface area contributed by atoms with Crippen molar-refractivity contribution < 1.29 is 8.83 Å². The summed E-state index contributed by atoms with van der Waals surface area (Å²) in [4.78, 5) is 2.34. The average Bonchev–Trinajstić information content (AvgIpc) is 3.98. The highest BCUT2D eigenvalue weighted by Crippen LogP contribution is 2.42. The van der Waals surface area contributed by atoms with Gasteiger partial charge in [0.15, 0.2) is 0 Å². The van der Waals surface area contributed by atoms with Crippen LogP contribution >= 0.6 is 11.3 Å². The van der Waals surface area contributed by atoms with Crippen LogP contribution in [0.1, 0.15) is 0 Å². The number of anilines is 3. The molecular formula is C54H33NO2S. The summed E-state index contributed by atoms with van der Waals surface area (Å²) < 4.78 is 15.3. The van der Waals surface area contributed by atoms with Crippen molar-refractivity contribution in [2.24, 2.45) is 0 Å². The molecule has 0 bridgehead atoms. The molecule has 0 radical (unpaired) electrons. The third kappa shape index (κ3) is 5.34. The van der Waals surface area contributed by atoms with Crippen molar-refractivity contribution in [1.82, 2.24) is 0 Å². The Morgan fingerprint density at radius 3 is 1.69 bits per heavy atom. The second kappa shape index (κ2) is 13.1. The van der Waals surface area contributed by atoms with Crippen LogP contribution < -0.4 is 4.90 Å². The van der Waals surface area contributed by atoms with E-state index < -0.39 is 0 Å². The molecule has 0 N–H and O–H groups in total. The maximum absolute atomic E-state index is 6.48. The van der Waals surface area contributed by atoms with E-state index in [1.807, 2.05) is 29.5 Å². The first-order chi connectivity index (χ1) is 28.7. The van der Waals surface area contributed by atoms with Crippen LogP contribution in [0.3, 0.4) is 0 Å². The number of nitrogens with zero attached hydrogens (tertiary/aromatic N) is 1. The zero-order chi connectivity index (χ0) is 38.2. The molecule has 0 saturated carbocycles. The molecule has 0 amide bonds. The van der Waals surface area contributed by atoms with Gasteiger partial charge in [-0.25, -0.2) is 0 Å². The molecule has 0 unspecified atom stereocenters. The Morgan fingerprint density at radius 1 is 0.310 bits per heavy atom. The minimum Gasteiger partial charge on any atom is -0.456 e. The van der Waals surface area contributed by atoms with Crippen LogP contribution in [0.15, 0.2) is 209 Å². The van der Waals surface area contributed by atoms with Crippen molar-refractivity contribution >= 4 is 92.4 Å². The Morgan fingerprint density at radius 2 is 0.879 bits per heavy atom. The van der Waals surface area contributed by atoms with Crippen LogP contribution in [0.4, 0.5) is 17.1 Å². The molecule has 12 rings (SSSR count). The van der Waals surface area contributed by atoms with E-state index in [4.69, 9.17) is 8.83 Å². The summed E-state index contributed by atoms with van der Waals surface area (Å²) >= 11 is 1.86. The van der Waals surface area contributed by atoms with E-state index in [2.05, 4.69) is 187 Å². The summed E-state index contributed by atoms with van der Waals surface area (Å²) in [6.45, 7) is 0. The van der Waals surface area contributed by atoms with Crippen molar-refractivity contribution in [2.75, 3.05) is 4.90 Å². The van der Waals surface area contributed by atoms with Gasteiger partial charge in [-0.15, -0.1) is 11.3 Å². The van der Waals surface area contributed by atoms with Gasteiger partial charge < -0.3 is 13.7 Å². The fraction of sp³-hybridized carbons (Fsp3) is 0. The van der Waals surface area contributed by atoms with Gasteiger partial charge in [0.25, 0.3) is 0 Å². The average molecular weight is 760 g/mol. The van der Waals surface area contributed by atoms with Gasteiger partial charge in [-0.05, 0) is 101 Å². The van der Waals surface area contributed by atoms with Crippen molar-refractivity contribution in [3.05, 3.63) is 200 Å². The van der Waals surface area contributed by atoms with E-state index in [9.17, 15) is 0 Å². The van der Waals surface area contributed by atoms with Gasteiger partial charge in [-0.3, -0.25) is 0 Å². The smallest absolute Gasteiger partial charge is 0.143 e. The van der Waals surface area contributed by atoms with Gasteiger partial charge >= 0.3 is 0 Å². The molecule has 272 valence electrons. The Bertz CT molecular complexity index is 3500. The minimum atomic E-state index is 0.880. The lowest BCUT2D eigenvalue weighted by molar-refractivity contribution is 0.669. The summed E-state index contributed by atoms with van der Waals surface area (Å²) in [5.74, 6) is 0. The van der Waals surface area contributed by atoms with Crippen LogP contribution in [-0.4, -0.2) is 0 Å². The summed E-state index contributed by atoms with van der Waals surface area (Å²) in [7, 11) is 0. The van der Waals surface area contributed by atoms with E-state index >= 15 is 0 Å². The van der Waals surface area contributed by atoms with Crippen LogP contribution in [0.25, 0.3) is 97.4 Å². The van der Waals surface area contributed by atoms with Gasteiger partial charge in [0, 0.05) is 64.3 Å². The first-order valence-corrected chi connectivity index (χ1v) is 20.4. The summed E-state index contributed by atoms with van der Waals surface area (Å²) in [5, 5.41) is 7.08. The first kappa shape index (κ1) is 32.8. The Labute approximate surface area is 338 Å². The number of thiophene rings is 1. The molecule has 9 aromatic carbocycles. The Hall–Kier alpha value is -7.40. The topological polar surface area (TPSA) is 29.5 Å². The predicted molar refractivity (Wildman–Crippen MR) is 245 cm³/mol. The normalized spacial score (nSPS) is 11.8. The molecule has 12 aromatic rings. The lowest BCUT2D eigenvalue weighted by Crippen LogP contribution is -2.09. The SMILES string of the molecule is c1ccc(-c2cccc3c2oc2ccc(-c4ccc(N(c5ccc(-c6ccc7c(c6)sc6ccccc67)cc5)c5ccc6oc7ccccc7c6c5)cc4)cc23)cc1. The maximum atomic E-state index is 6.48. The largest absolute Gasteiger partial charge is 0.456 e. The molecule has 0 saturated heterocycles. The van der Waals surface area contributed by atoms with Crippen LogP contribution in [0, 0.1) is 0 Å².